The molecule has 0 amide bonds. The maximum atomic E-state index is 9.94. The molecule has 27 heavy (non-hydrogen) atoms. The third-order valence-corrected chi connectivity index (χ3v) is 3.62. The van der Waals surface area contributed by atoms with Crippen molar-refractivity contribution in [3.8, 4) is 23.0 Å². The fourth-order valence-electron chi connectivity index (χ4n) is 2.28. The Labute approximate surface area is 159 Å². The van der Waals surface area contributed by atoms with E-state index in [2.05, 4.69) is 0 Å². The van der Waals surface area contributed by atoms with Crippen molar-refractivity contribution in [1.29, 1.82) is 0 Å². The van der Waals surface area contributed by atoms with E-state index in [4.69, 9.17) is 23.7 Å². The molecule has 2 atom stereocenters. The normalized spacial score (nSPS) is 12.9. The predicted octanol–water partition coefficient (Wildman–Crippen LogP) is 1.90. The van der Waals surface area contributed by atoms with Gasteiger partial charge in [-0.1, -0.05) is 24.3 Å². The molecule has 0 aliphatic heterocycles. The summed E-state index contributed by atoms with van der Waals surface area (Å²) in [6.45, 7) is 0.157. The highest BCUT2D eigenvalue weighted by Gasteiger charge is 2.12. The van der Waals surface area contributed by atoms with Crippen LogP contribution in [0.15, 0.2) is 48.5 Å². The van der Waals surface area contributed by atoms with Crippen molar-refractivity contribution >= 4 is 0 Å². The number of benzene rings is 2. The molecule has 2 N–H and O–H groups in total. The van der Waals surface area contributed by atoms with Crippen molar-refractivity contribution in [3.63, 3.8) is 0 Å². The van der Waals surface area contributed by atoms with Gasteiger partial charge in [0, 0.05) is 0 Å². The van der Waals surface area contributed by atoms with Crippen molar-refractivity contribution in [2.45, 2.75) is 12.2 Å². The highest BCUT2D eigenvalue weighted by molar-refractivity contribution is 5.39. The molecule has 0 saturated carbocycles. The van der Waals surface area contributed by atoms with E-state index in [0.29, 0.717) is 23.0 Å². The van der Waals surface area contributed by atoms with E-state index < -0.39 is 12.2 Å². The Balaban J connectivity index is 1.65. The van der Waals surface area contributed by atoms with Gasteiger partial charge in [0.1, 0.15) is 25.4 Å². The minimum Gasteiger partial charge on any atom is -0.493 e. The van der Waals surface area contributed by atoms with Crippen LogP contribution in [0.4, 0.5) is 0 Å². The largest absolute Gasteiger partial charge is 0.493 e. The average Bonchev–Trinajstić information content (AvgIpc) is 2.71. The van der Waals surface area contributed by atoms with Gasteiger partial charge in [-0.2, -0.15) is 0 Å². The Morgan fingerprint density at radius 1 is 0.630 bits per heavy atom. The van der Waals surface area contributed by atoms with Gasteiger partial charge in [0.2, 0.25) is 0 Å². The van der Waals surface area contributed by atoms with Crippen LogP contribution in [0.1, 0.15) is 0 Å². The van der Waals surface area contributed by atoms with Crippen LogP contribution in [-0.2, 0) is 4.74 Å². The van der Waals surface area contributed by atoms with E-state index in [-0.39, 0.29) is 26.4 Å². The molecule has 0 heterocycles. The van der Waals surface area contributed by atoms with Crippen LogP contribution in [0.3, 0.4) is 0 Å². The lowest BCUT2D eigenvalue weighted by molar-refractivity contribution is -0.0312. The van der Waals surface area contributed by atoms with Crippen molar-refractivity contribution in [2.24, 2.45) is 0 Å². The van der Waals surface area contributed by atoms with Gasteiger partial charge in [-0.25, -0.2) is 0 Å². The lowest BCUT2D eigenvalue weighted by Gasteiger charge is -2.17. The molecule has 2 rings (SSSR count). The number of aliphatic hydroxyl groups is 2. The van der Waals surface area contributed by atoms with Gasteiger partial charge >= 0.3 is 0 Å². The minimum atomic E-state index is -0.836. The van der Waals surface area contributed by atoms with E-state index >= 15 is 0 Å². The van der Waals surface area contributed by atoms with Gasteiger partial charge in [-0.05, 0) is 24.3 Å². The first-order valence-electron chi connectivity index (χ1n) is 8.59. The van der Waals surface area contributed by atoms with E-state index in [1.54, 1.807) is 38.5 Å². The molecule has 0 radical (unpaired) electrons. The Bertz CT molecular complexity index is 619. The second kappa shape index (κ2) is 11.3. The Kier molecular flexibility index (Phi) is 8.70. The fraction of sp³-hybridized carbons (Fsp3) is 0.400. The molecule has 148 valence electrons. The summed E-state index contributed by atoms with van der Waals surface area (Å²) in [4.78, 5) is 0. The van der Waals surface area contributed by atoms with Crippen LogP contribution in [0.5, 0.6) is 23.0 Å². The lowest BCUT2D eigenvalue weighted by atomic mass is 10.3. The van der Waals surface area contributed by atoms with Crippen LogP contribution in [-0.4, -0.2) is 63.1 Å². The van der Waals surface area contributed by atoms with Gasteiger partial charge in [-0.3, -0.25) is 0 Å². The Hall–Kier alpha value is -2.48. The molecule has 0 unspecified atom stereocenters. The molecule has 2 aromatic carbocycles. The standard InChI is InChI=1S/C20H26O7/c1-23-17-7-3-5-9-19(17)26-13-15(21)11-25-12-16(22)14-27-20-10-6-4-8-18(20)24-2/h3-10,15-16,21-22H,11-14H2,1-2H3/t15-,16-/m1/s1. The predicted molar refractivity (Wildman–Crippen MR) is 99.8 cm³/mol. The van der Waals surface area contributed by atoms with Crippen LogP contribution in [0.25, 0.3) is 0 Å². The van der Waals surface area contributed by atoms with Crippen molar-refractivity contribution in [2.75, 3.05) is 40.6 Å². The average molecular weight is 378 g/mol. The monoisotopic (exact) mass is 378 g/mol. The molecular formula is C20H26O7. The van der Waals surface area contributed by atoms with Gasteiger partial charge in [0.15, 0.2) is 23.0 Å². The van der Waals surface area contributed by atoms with Gasteiger partial charge in [0.25, 0.3) is 0 Å². The zero-order chi connectivity index (χ0) is 19.5. The third-order valence-electron chi connectivity index (χ3n) is 3.62. The number of rotatable bonds is 12. The molecule has 7 heteroatoms. The zero-order valence-electron chi connectivity index (χ0n) is 15.5. The highest BCUT2D eigenvalue weighted by atomic mass is 16.5. The van der Waals surface area contributed by atoms with E-state index in [9.17, 15) is 10.2 Å². The first-order chi connectivity index (χ1) is 13.1. The molecule has 0 fully saturated rings. The van der Waals surface area contributed by atoms with Crippen molar-refractivity contribution in [1.82, 2.24) is 0 Å². The molecule has 0 aliphatic rings. The second-order valence-electron chi connectivity index (χ2n) is 5.77. The minimum absolute atomic E-state index is 0.0286. The summed E-state index contributed by atoms with van der Waals surface area (Å²) in [6.07, 6.45) is -1.67. The van der Waals surface area contributed by atoms with Crippen molar-refractivity contribution in [3.05, 3.63) is 48.5 Å². The first kappa shape index (κ1) is 20.8. The van der Waals surface area contributed by atoms with Gasteiger partial charge in [0.05, 0.1) is 27.4 Å². The molecule has 2 aromatic rings. The summed E-state index contributed by atoms with van der Waals surface area (Å²) in [7, 11) is 3.10. The molecule has 0 spiro atoms. The quantitative estimate of drug-likeness (QED) is 0.583. The molecule has 0 aliphatic carbocycles. The summed E-state index contributed by atoms with van der Waals surface area (Å²) in [6, 6.07) is 14.4. The smallest absolute Gasteiger partial charge is 0.161 e. The van der Waals surface area contributed by atoms with Crippen LogP contribution >= 0.6 is 0 Å². The van der Waals surface area contributed by atoms with Crippen LogP contribution < -0.4 is 18.9 Å². The summed E-state index contributed by atoms with van der Waals surface area (Å²) < 4.78 is 26.7. The van der Waals surface area contributed by atoms with Gasteiger partial charge in [-0.15, -0.1) is 0 Å². The molecule has 0 bridgehead atoms. The van der Waals surface area contributed by atoms with E-state index in [1.807, 2.05) is 24.3 Å². The number of hydrogen-bond donors (Lipinski definition) is 2. The summed E-state index contributed by atoms with van der Waals surface area (Å²) in [5.74, 6) is 2.28. The summed E-state index contributed by atoms with van der Waals surface area (Å²) in [5, 5.41) is 19.9. The lowest BCUT2D eigenvalue weighted by Crippen LogP contribution is -2.28. The van der Waals surface area contributed by atoms with Gasteiger partial charge < -0.3 is 33.9 Å². The Morgan fingerprint density at radius 2 is 1.00 bits per heavy atom. The van der Waals surface area contributed by atoms with E-state index in [1.165, 1.54) is 0 Å². The molecule has 0 saturated heterocycles. The number of para-hydroxylation sites is 4. The third kappa shape index (κ3) is 6.97. The number of methoxy groups -OCH3 is 2. The number of ether oxygens (including phenoxy) is 5. The summed E-state index contributed by atoms with van der Waals surface area (Å²) >= 11 is 0. The van der Waals surface area contributed by atoms with Crippen LogP contribution in [0.2, 0.25) is 0 Å². The zero-order valence-corrected chi connectivity index (χ0v) is 15.5. The van der Waals surface area contributed by atoms with Crippen molar-refractivity contribution < 1.29 is 33.9 Å². The SMILES string of the molecule is COc1ccccc1OC[C@H](O)COC[C@@H](O)COc1ccccc1OC. The molecule has 0 aromatic heterocycles. The molecule has 7 nitrogen and oxygen atoms in total. The fourth-order valence-corrected chi connectivity index (χ4v) is 2.28. The first-order valence-corrected chi connectivity index (χ1v) is 8.59. The number of aliphatic hydroxyl groups excluding tert-OH is 2. The second-order valence-corrected chi connectivity index (χ2v) is 5.77. The van der Waals surface area contributed by atoms with Crippen LogP contribution in [0, 0.1) is 0 Å². The maximum Gasteiger partial charge on any atom is 0.161 e. The molecular weight excluding hydrogens is 352 g/mol. The van der Waals surface area contributed by atoms with E-state index in [0.717, 1.165) is 0 Å². The number of hydrogen-bond acceptors (Lipinski definition) is 7. The summed E-state index contributed by atoms with van der Waals surface area (Å²) in [5.41, 5.74) is 0. The Morgan fingerprint density at radius 3 is 1.37 bits per heavy atom. The maximum absolute atomic E-state index is 9.94. The highest BCUT2D eigenvalue weighted by Crippen LogP contribution is 2.26. The topological polar surface area (TPSA) is 86.6 Å².